The van der Waals surface area contributed by atoms with Crippen molar-refractivity contribution >= 4 is 164 Å². The van der Waals surface area contributed by atoms with Crippen LogP contribution in [0.15, 0.2) is 450 Å². The second-order valence-electron chi connectivity index (χ2n) is 37.2. The fourth-order valence-electron chi connectivity index (χ4n) is 23.2. The Balaban J connectivity index is 0.0000000986. The van der Waals surface area contributed by atoms with Gasteiger partial charge in [0.25, 0.3) is 0 Å². The second kappa shape index (κ2) is 30.9. The molecule has 15 heteroatoms. The van der Waals surface area contributed by atoms with Crippen molar-refractivity contribution in [1.29, 1.82) is 0 Å². The smallest absolute Gasteiger partial charge is 0.238 e. The van der Waals surface area contributed by atoms with E-state index in [4.69, 9.17) is 58.1 Å². The van der Waals surface area contributed by atoms with Crippen molar-refractivity contribution in [3.63, 3.8) is 0 Å². The molecule has 0 saturated heterocycles. The summed E-state index contributed by atoms with van der Waals surface area (Å²) >= 11 is 0. The standard InChI is InChI=1S/3C43H24N4O/c1-2-11-26(12-3-1)41-44-42(33-20-9-19-32-29-16-6-7-22-36(29)48-40(32)33)46-43(45-41)47-34-21-10-18-31-28-15-5-4-14-27(28)30-17-8-13-25-23-24-35(47)39(37(25)30)38(31)34;1-2-10-26(11-3-1)41-44-42(27-20-22-31-30-15-6-7-19-36(30)48-37(31)24-27)46-43(45-41)47-34-18-9-17-33-29-14-5-4-13-28(29)32-16-8-12-25-21-23-35(47)40(38(25)32)39(33)34;1-2-10-26(11-3-1)41-44-42(27-21-23-37-33(24-27)30-15-6-7-19-36(30)48-37)46-43(45-41)47-34-18-9-17-32-29-14-5-4-13-28(29)31-16-8-12-25-20-22-35(47)40(38(25)31)39(32)34/h3*1-24H. The first-order valence-electron chi connectivity index (χ1n) is 48.4. The van der Waals surface area contributed by atoms with Gasteiger partial charge in [-0.1, -0.05) is 346 Å². The molecule has 0 atom stereocenters. The van der Waals surface area contributed by atoms with Gasteiger partial charge in [0.1, 0.15) is 33.5 Å². The number of hydrogen-bond donors (Lipinski definition) is 0. The predicted octanol–water partition coefficient (Wildman–Crippen LogP) is 33.0. The molecule has 9 heterocycles. The van der Waals surface area contributed by atoms with Crippen LogP contribution in [0, 0.1) is 0 Å². The van der Waals surface area contributed by atoms with Gasteiger partial charge < -0.3 is 13.3 Å². The van der Waals surface area contributed by atoms with Crippen LogP contribution in [0.1, 0.15) is 0 Å². The van der Waals surface area contributed by atoms with Crippen molar-refractivity contribution in [2.75, 3.05) is 0 Å². The number of para-hydroxylation sites is 4. The summed E-state index contributed by atoms with van der Waals surface area (Å²) in [5.41, 5.74) is 31.5. The molecule has 0 unspecified atom stereocenters. The zero-order valence-corrected chi connectivity index (χ0v) is 76.7. The lowest BCUT2D eigenvalue weighted by Gasteiger charge is -2.14. The highest BCUT2D eigenvalue weighted by Crippen LogP contribution is 2.55. The SMILES string of the molecule is c1ccc(-c2nc(-c3ccc4c(c3)oc3ccccc34)nc(-n3c4cccc5c4c4c6c(cccc6ccc43)-c3ccccc3-5)n2)cc1.c1ccc(-c2nc(-c3ccc4oc5ccccc5c4c3)nc(-n3c4cccc5c4c4c6c(cccc6ccc43)-c3ccccc3-5)n2)cc1.c1ccc(-c2nc(-c3cccc4c3oc3ccccc34)nc(-n3c4cccc5c4c4c6c(cccc6ccc43)-c3ccccc3-5)n2)cc1. The molecule has 3 aliphatic rings. The van der Waals surface area contributed by atoms with E-state index in [0.29, 0.717) is 52.8 Å². The molecule has 0 saturated carbocycles. The normalized spacial score (nSPS) is 12.2. The summed E-state index contributed by atoms with van der Waals surface area (Å²) in [6.45, 7) is 0. The Morgan fingerprint density at radius 2 is 0.424 bits per heavy atom. The maximum Gasteiger partial charge on any atom is 0.238 e. The molecule has 0 spiro atoms. The number of nitrogens with zero attached hydrogens (tertiary/aromatic N) is 12. The Bertz CT molecular complexity index is 10800. The minimum absolute atomic E-state index is 0.564. The van der Waals surface area contributed by atoms with Crippen molar-refractivity contribution < 1.29 is 13.3 Å². The fraction of sp³-hybridized carbons (Fsp3) is 0. The molecule has 3 aliphatic carbocycles. The lowest BCUT2D eigenvalue weighted by Crippen LogP contribution is -2.06. The molecule has 21 aromatic carbocycles. The van der Waals surface area contributed by atoms with E-state index >= 15 is 0 Å². The van der Waals surface area contributed by atoms with Crippen molar-refractivity contribution in [2.45, 2.75) is 0 Å². The van der Waals surface area contributed by atoms with Crippen molar-refractivity contribution in [2.24, 2.45) is 0 Å². The number of fused-ring (bicyclic) bond motifs is 18. The minimum atomic E-state index is 0.564. The van der Waals surface area contributed by atoms with Gasteiger partial charge in [-0.3, -0.25) is 13.7 Å². The maximum absolute atomic E-state index is 6.47. The van der Waals surface area contributed by atoms with Gasteiger partial charge in [0.05, 0.1) is 38.7 Å². The van der Waals surface area contributed by atoms with Crippen molar-refractivity contribution in [3.05, 3.63) is 437 Å². The van der Waals surface area contributed by atoms with Gasteiger partial charge in [0.2, 0.25) is 17.8 Å². The third-order valence-corrected chi connectivity index (χ3v) is 29.4. The molecule has 0 amide bonds. The lowest BCUT2D eigenvalue weighted by atomic mass is 9.93. The highest BCUT2D eigenvalue weighted by molar-refractivity contribution is 6.34. The second-order valence-corrected chi connectivity index (χ2v) is 37.2. The van der Waals surface area contributed by atoms with Gasteiger partial charge in [-0.05, 0) is 190 Å². The van der Waals surface area contributed by atoms with E-state index in [2.05, 4.69) is 293 Å². The van der Waals surface area contributed by atoms with Gasteiger partial charge in [-0.15, -0.1) is 0 Å². The largest absolute Gasteiger partial charge is 0.456 e. The molecule has 0 fully saturated rings. The monoisotopic (exact) mass is 1840 g/mol. The average molecular weight is 1840 g/mol. The number of rotatable bonds is 9. The molecule has 144 heavy (non-hydrogen) atoms. The number of hydrogen-bond acceptors (Lipinski definition) is 12. The molecule has 0 aliphatic heterocycles. The van der Waals surface area contributed by atoms with Gasteiger partial charge in [0, 0.05) is 92.5 Å². The fourth-order valence-corrected chi connectivity index (χ4v) is 23.2. The average Bonchev–Trinajstić information content (AvgIpc) is 1.55. The molecular formula is C129H72N12O3. The van der Waals surface area contributed by atoms with Crippen LogP contribution in [0.2, 0.25) is 0 Å². The van der Waals surface area contributed by atoms with Crippen LogP contribution < -0.4 is 0 Å². The first-order valence-corrected chi connectivity index (χ1v) is 48.4. The quantitative estimate of drug-likeness (QED) is 0.134. The van der Waals surface area contributed by atoms with E-state index < -0.39 is 0 Å². The van der Waals surface area contributed by atoms with Gasteiger partial charge >= 0.3 is 0 Å². The van der Waals surface area contributed by atoms with E-state index in [1.807, 2.05) is 158 Å². The third-order valence-electron chi connectivity index (χ3n) is 29.4. The van der Waals surface area contributed by atoms with Crippen LogP contribution >= 0.6 is 0 Å². The van der Waals surface area contributed by atoms with Gasteiger partial charge in [-0.25, -0.2) is 15.0 Å². The van der Waals surface area contributed by atoms with Crippen LogP contribution in [0.4, 0.5) is 0 Å². The third kappa shape index (κ3) is 11.9. The van der Waals surface area contributed by atoms with Crippen LogP contribution in [0.25, 0.3) is 316 Å². The Morgan fingerprint density at radius 3 is 0.847 bits per heavy atom. The van der Waals surface area contributed by atoms with Gasteiger partial charge in [0.15, 0.2) is 34.9 Å². The van der Waals surface area contributed by atoms with Crippen LogP contribution in [0.5, 0.6) is 0 Å². The summed E-state index contributed by atoms with van der Waals surface area (Å²) in [6, 6.07) is 153. The summed E-state index contributed by atoms with van der Waals surface area (Å²) in [5.74, 6) is 5.33. The number of furan rings is 3. The highest BCUT2D eigenvalue weighted by Gasteiger charge is 2.33. The molecule has 15 nitrogen and oxygen atoms in total. The maximum atomic E-state index is 6.47. The van der Waals surface area contributed by atoms with Crippen molar-refractivity contribution in [3.8, 4) is 153 Å². The van der Waals surface area contributed by atoms with E-state index in [0.717, 1.165) is 132 Å². The summed E-state index contributed by atoms with van der Waals surface area (Å²) in [7, 11) is 0. The van der Waals surface area contributed by atoms with Gasteiger partial charge in [-0.2, -0.15) is 29.9 Å². The molecule has 0 bridgehead atoms. The van der Waals surface area contributed by atoms with E-state index in [1.165, 1.54) is 131 Å². The van der Waals surface area contributed by atoms with Crippen LogP contribution in [-0.4, -0.2) is 58.6 Å². The Kier molecular flexibility index (Phi) is 17.0. The zero-order chi connectivity index (χ0) is 94.0. The molecule has 0 radical (unpaired) electrons. The van der Waals surface area contributed by atoms with Crippen molar-refractivity contribution in [1.82, 2.24) is 58.6 Å². The molecule has 30 aromatic rings. The minimum Gasteiger partial charge on any atom is -0.456 e. The topological polar surface area (TPSA) is 170 Å². The van der Waals surface area contributed by atoms with Crippen LogP contribution in [-0.2, 0) is 0 Å². The van der Waals surface area contributed by atoms with Crippen LogP contribution in [0.3, 0.4) is 0 Å². The first kappa shape index (κ1) is 79.3. The first-order chi connectivity index (χ1) is 71.4. The van der Waals surface area contributed by atoms with E-state index in [1.54, 1.807) is 0 Å². The summed E-state index contributed by atoms with van der Waals surface area (Å²) < 4.78 is 25.5. The lowest BCUT2D eigenvalue weighted by molar-refractivity contribution is 0.668. The number of aromatic nitrogens is 12. The molecule has 9 aromatic heterocycles. The zero-order valence-electron chi connectivity index (χ0n) is 76.7. The van der Waals surface area contributed by atoms with E-state index in [-0.39, 0.29) is 0 Å². The Hall–Kier alpha value is -19.8. The molecule has 0 N–H and O–H groups in total. The highest BCUT2D eigenvalue weighted by atomic mass is 16.3. The van der Waals surface area contributed by atoms with E-state index in [9.17, 15) is 0 Å². The molecular weight excluding hydrogens is 1770 g/mol. The predicted molar refractivity (Wildman–Crippen MR) is 583 cm³/mol. The summed E-state index contributed by atoms with van der Waals surface area (Å²) in [5, 5.41) is 21.1. The summed E-state index contributed by atoms with van der Waals surface area (Å²) in [4.78, 5) is 46.5. The Morgan fingerprint density at radius 1 is 0.146 bits per heavy atom. The Labute approximate surface area is 819 Å². The molecule has 666 valence electrons. The molecule has 33 rings (SSSR count). The summed E-state index contributed by atoms with van der Waals surface area (Å²) in [6.07, 6.45) is 0. The number of benzene rings is 21.